The summed E-state index contributed by atoms with van der Waals surface area (Å²) in [5.74, 6) is -1.40. The van der Waals surface area contributed by atoms with Gasteiger partial charge in [-0.2, -0.15) is 0 Å². The Bertz CT molecular complexity index is 585. The predicted molar refractivity (Wildman–Crippen MR) is 82.9 cm³/mol. The van der Waals surface area contributed by atoms with Crippen LogP contribution >= 0.6 is 0 Å². The molecule has 126 valence electrons. The molecule has 0 fully saturated rings. The number of benzene rings is 1. The summed E-state index contributed by atoms with van der Waals surface area (Å²) in [6.07, 6.45) is -0.0762. The van der Waals surface area contributed by atoms with E-state index in [9.17, 15) is 13.6 Å². The molecule has 1 aromatic carbocycles. The third-order valence-electron chi connectivity index (χ3n) is 3.45. The number of amides is 1. The summed E-state index contributed by atoms with van der Waals surface area (Å²) in [5, 5.41) is 3.81. The first-order chi connectivity index (χ1) is 10.9. The second-order valence-corrected chi connectivity index (χ2v) is 6.12. The number of hydrogen-bond donors (Lipinski definition) is 1. The lowest BCUT2D eigenvalue weighted by Crippen LogP contribution is -2.40. The average molecular weight is 325 g/mol. The first kappa shape index (κ1) is 17.3. The molecule has 1 amide bonds. The fourth-order valence-corrected chi connectivity index (χ4v) is 2.68. The van der Waals surface area contributed by atoms with E-state index in [-0.39, 0.29) is 30.3 Å². The normalized spacial score (nSPS) is 17.5. The zero-order chi connectivity index (χ0) is 17.0. The summed E-state index contributed by atoms with van der Waals surface area (Å²) < 4.78 is 27.6. The smallest absolute Gasteiger partial charge is 0.231 e. The lowest BCUT2D eigenvalue weighted by Gasteiger charge is -2.24. The summed E-state index contributed by atoms with van der Waals surface area (Å²) in [4.78, 5) is 18.3. The van der Waals surface area contributed by atoms with E-state index < -0.39 is 17.5 Å². The van der Waals surface area contributed by atoms with E-state index in [1.54, 1.807) is 0 Å². The minimum Gasteiger partial charge on any atom is -0.390 e. The van der Waals surface area contributed by atoms with Gasteiger partial charge in [-0.1, -0.05) is 25.1 Å². The Labute approximate surface area is 134 Å². The van der Waals surface area contributed by atoms with Crippen molar-refractivity contribution in [3.8, 4) is 0 Å². The largest absolute Gasteiger partial charge is 0.390 e. The molecule has 7 heteroatoms. The maximum atomic E-state index is 13.8. The molecule has 0 saturated carbocycles. The van der Waals surface area contributed by atoms with Crippen LogP contribution in [0.15, 0.2) is 23.4 Å². The number of rotatable bonds is 7. The van der Waals surface area contributed by atoms with Crippen molar-refractivity contribution in [3.63, 3.8) is 0 Å². The summed E-state index contributed by atoms with van der Waals surface area (Å²) in [5.41, 5.74) is 5.34. The predicted octanol–water partition coefficient (Wildman–Crippen LogP) is 1.90. The van der Waals surface area contributed by atoms with Gasteiger partial charge in [0, 0.05) is 19.5 Å². The van der Waals surface area contributed by atoms with Gasteiger partial charge < -0.3 is 10.6 Å². The SMILES string of the molecule is CC(C)CN(CC(N)=O)CC1CC(c2c(F)cccc2F)=NO1. The van der Waals surface area contributed by atoms with Crippen molar-refractivity contribution in [1.82, 2.24) is 4.90 Å². The molecule has 1 aliphatic rings. The Balaban J connectivity index is 2.01. The van der Waals surface area contributed by atoms with Crippen molar-refractivity contribution >= 4 is 11.6 Å². The number of primary amides is 1. The van der Waals surface area contributed by atoms with Gasteiger partial charge in [0.05, 0.1) is 17.8 Å². The lowest BCUT2D eigenvalue weighted by molar-refractivity contribution is -0.119. The maximum absolute atomic E-state index is 13.8. The van der Waals surface area contributed by atoms with Crippen molar-refractivity contribution < 1.29 is 18.4 Å². The minimum absolute atomic E-state index is 0.113. The van der Waals surface area contributed by atoms with E-state index in [1.807, 2.05) is 18.7 Å². The number of nitrogens with two attached hydrogens (primary N) is 1. The summed E-state index contributed by atoms with van der Waals surface area (Å²) >= 11 is 0. The molecular formula is C16H21F2N3O2. The summed E-state index contributed by atoms with van der Waals surface area (Å²) in [6, 6.07) is 3.68. The Morgan fingerprint density at radius 2 is 2.09 bits per heavy atom. The van der Waals surface area contributed by atoms with Gasteiger partial charge >= 0.3 is 0 Å². The van der Waals surface area contributed by atoms with E-state index in [1.165, 1.54) is 18.2 Å². The van der Waals surface area contributed by atoms with Gasteiger partial charge in [0.15, 0.2) is 0 Å². The minimum atomic E-state index is -0.663. The molecule has 2 rings (SSSR count). The third-order valence-corrected chi connectivity index (χ3v) is 3.45. The highest BCUT2D eigenvalue weighted by atomic mass is 19.1. The number of hydrogen-bond acceptors (Lipinski definition) is 4. The molecule has 0 bridgehead atoms. The van der Waals surface area contributed by atoms with Gasteiger partial charge in [-0.15, -0.1) is 0 Å². The van der Waals surface area contributed by atoms with Crippen LogP contribution in [0.25, 0.3) is 0 Å². The molecule has 0 saturated heterocycles. The monoisotopic (exact) mass is 325 g/mol. The quantitative estimate of drug-likeness (QED) is 0.832. The van der Waals surface area contributed by atoms with Crippen LogP contribution in [0.1, 0.15) is 25.8 Å². The van der Waals surface area contributed by atoms with E-state index in [0.717, 1.165) is 0 Å². The standard InChI is InChI=1S/C16H21F2N3O2/c1-10(2)7-21(9-15(19)22)8-11-6-14(20-23-11)16-12(17)4-3-5-13(16)18/h3-5,10-11H,6-9H2,1-2H3,(H2,19,22). The molecule has 0 aromatic heterocycles. The van der Waals surface area contributed by atoms with Crippen LogP contribution in [0, 0.1) is 17.6 Å². The van der Waals surface area contributed by atoms with Crippen molar-refractivity contribution in [1.29, 1.82) is 0 Å². The topological polar surface area (TPSA) is 67.9 Å². The van der Waals surface area contributed by atoms with E-state index in [4.69, 9.17) is 10.6 Å². The third kappa shape index (κ3) is 4.72. The van der Waals surface area contributed by atoms with Crippen LogP contribution in [0.3, 0.4) is 0 Å². The molecule has 5 nitrogen and oxygen atoms in total. The Kier molecular flexibility index (Phi) is 5.65. The Morgan fingerprint density at radius 3 is 2.65 bits per heavy atom. The van der Waals surface area contributed by atoms with E-state index >= 15 is 0 Å². The summed E-state index contributed by atoms with van der Waals surface area (Å²) in [6.45, 7) is 5.26. The Morgan fingerprint density at radius 1 is 1.43 bits per heavy atom. The average Bonchev–Trinajstić information content (AvgIpc) is 2.85. The highest BCUT2D eigenvalue weighted by Crippen LogP contribution is 2.22. The highest BCUT2D eigenvalue weighted by Gasteiger charge is 2.28. The maximum Gasteiger partial charge on any atom is 0.231 e. The molecule has 1 aliphatic heterocycles. The molecule has 23 heavy (non-hydrogen) atoms. The molecule has 1 unspecified atom stereocenters. The molecule has 1 heterocycles. The molecule has 2 N–H and O–H groups in total. The van der Waals surface area contributed by atoms with Crippen LogP contribution in [-0.4, -0.2) is 42.3 Å². The second-order valence-electron chi connectivity index (χ2n) is 6.12. The lowest BCUT2D eigenvalue weighted by atomic mass is 10.0. The van der Waals surface area contributed by atoms with E-state index in [2.05, 4.69) is 5.16 Å². The number of nitrogens with zero attached hydrogens (tertiary/aromatic N) is 2. The van der Waals surface area contributed by atoms with Crippen LogP contribution in [0.2, 0.25) is 0 Å². The number of halogens is 2. The van der Waals surface area contributed by atoms with Gasteiger partial charge in [0.2, 0.25) is 5.91 Å². The molecular weight excluding hydrogens is 304 g/mol. The Hall–Kier alpha value is -2.02. The van der Waals surface area contributed by atoms with Gasteiger partial charge in [-0.05, 0) is 18.1 Å². The zero-order valence-electron chi connectivity index (χ0n) is 13.3. The van der Waals surface area contributed by atoms with Gasteiger partial charge in [0.25, 0.3) is 0 Å². The van der Waals surface area contributed by atoms with Crippen LogP contribution in [0.5, 0.6) is 0 Å². The fourth-order valence-electron chi connectivity index (χ4n) is 2.68. The van der Waals surface area contributed by atoms with Crippen molar-refractivity contribution in [2.75, 3.05) is 19.6 Å². The van der Waals surface area contributed by atoms with Crippen molar-refractivity contribution in [2.24, 2.45) is 16.8 Å². The highest BCUT2D eigenvalue weighted by molar-refractivity contribution is 6.01. The van der Waals surface area contributed by atoms with Crippen LogP contribution in [-0.2, 0) is 9.63 Å². The van der Waals surface area contributed by atoms with Crippen molar-refractivity contribution in [2.45, 2.75) is 26.4 Å². The second kappa shape index (κ2) is 7.50. The molecule has 1 atom stereocenters. The van der Waals surface area contributed by atoms with Gasteiger partial charge in [-0.3, -0.25) is 9.69 Å². The van der Waals surface area contributed by atoms with Gasteiger partial charge in [-0.25, -0.2) is 8.78 Å². The van der Waals surface area contributed by atoms with Crippen molar-refractivity contribution in [3.05, 3.63) is 35.4 Å². The number of carbonyl (C=O) groups is 1. The first-order valence-corrected chi connectivity index (χ1v) is 7.54. The molecule has 1 aromatic rings. The number of carbonyl (C=O) groups excluding carboxylic acids is 1. The molecule has 0 spiro atoms. The first-order valence-electron chi connectivity index (χ1n) is 7.54. The van der Waals surface area contributed by atoms with Gasteiger partial charge in [0.1, 0.15) is 17.7 Å². The van der Waals surface area contributed by atoms with Crippen LogP contribution in [0.4, 0.5) is 8.78 Å². The number of oxime groups is 1. The zero-order valence-corrected chi connectivity index (χ0v) is 13.3. The molecule has 0 radical (unpaired) electrons. The van der Waals surface area contributed by atoms with E-state index in [0.29, 0.717) is 19.0 Å². The van der Waals surface area contributed by atoms with Crippen LogP contribution < -0.4 is 5.73 Å². The molecule has 0 aliphatic carbocycles. The summed E-state index contributed by atoms with van der Waals surface area (Å²) in [7, 11) is 0. The fraction of sp³-hybridized carbons (Fsp3) is 0.500.